The van der Waals surface area contributed by atoms with Gasteiger partial charge in [-0.15, -0.1) is 11.3 Å². The Kier molecular flexibility index (Phi) is 5.51. The summed E-state index contributed by atoms with van der Waals surface area (Å²) in [5.74, 6) is 0. The van der Waals surface area contributed by atoms with Gasteiger partial charge in [0, 0.05) is 33.1 Å². The predicted molar refractivity (Wildman–Crippen MR) is 145 cm³/mol. The maximum atomic E-state index is 5.99. The van der Waals surface area contributed by atoms with Gasteiger partial charge in [0.15, 0.2) is 0 Å². The van der Waals surface area contributed by atoms with Crippen LogP contribution in [0.5, 0.6) is 0 Å². The molecule has 168 valence electrons. The molecule has 5 aromatic rings. The Hall–Kier alpha value is -4.16. The van der Waals surface area contributed by atoms with Gasteiger partial charge in [-0.1, -0.05) is 25.3 Å². The zero-order valence-electron chi connectivity index (χ0n) is 19.1. The molecule has 0 unspecified atom stereocenters. The molecule has 0 aliphatic rings. The Balaban J connectivity index is 1.62. The van der Waals surface area contributed by atoms with Crippen molar-refractivity contribution in [1.29, 1.82) is 0 Å². The Morgan fingerprint density at radius 2 is 1.88 bits per heavy atom. The molecule has 0 saturated heterocycles. The Labute approximate surface area is 202 Å². The maximum Gasteiger partial charge on any atom is 0.116 e. The minimum Gasteiger partial charge on any atom is -0.399 e. The number of rotatable bonds is 6. The lowest BCUT2D eigenvalue weighted by molar-refractivity contribution is 1.12. The largest absolute Gasteiger partial charge is 0.399 e. The Morgan fingerprint density at radius 1 is 1.06 bits per heavy atom. The molecule has 0 amide bonds. The molecule has 4 aromatic heterocycles. The van der Waals surface area contributed by atoms with Crippen LogP contribution in [0.15, 0.2) is 85.7 Å². The molecule has 4 N–H and O–H groups in total. The lowest BCUT2D eigenvalue weighted by atomic mass is 10.0. The number of nitrogens with two attached hydrogens (primary N) is 1. The van der Waals surface area contributed by atoms with Crippen LogP contribution in [0.4, 0.5) is 0 Å². The van der Waals surface area contributed by atoms with E-state index in [0.717, 1.165) is 60.5 Å². The van der Waals surface area contributed by atoms with Gasteiger partial charge in [-0.2, -0.15) is 5.10 Å². The molecule has 0 aliphatic carbocycles. The van der Waals surface area contributed by atoms with Crippen molar-refractivity contribution in [2.75, 3.05) is 0 Å². The van der Waals surface area contributed by atoms with Crippen molar-refractivity contribution in [3.8, 4) is 22.0 Å². The van der Waals surface area contributed by atoms with E-state index in [1.54, 1.807) is 17.4 Å². The van der Waals surface area contributed by atoms with Gasteiger partial charge < -0.3 is 10.7 Å². The van der Waals surface area contributed by atoms with Gasteiger partial charge in [0.2, 0.25) is 0 Å². The van der Waals surface area contributed by atoms with Crippen molar-refractivity contribution in [3.05, 3.63) is 96.2 Å². The summed E-state index contributed by atoms with van der Waals surface area (Å²) >= 11 is 1.71. The highest BCUT2D eigenvalue weighted by Gasteiger charge is 2.16. The summed E-state index contributed by atoms with van der Waals surface area (Å²) in [6, 6.07) is 14.6. The van der Waals surface area contributed by atoms with E-state index in [-0.39, 0.29) is 0 Å². The third-order valence-electron chi connectivity index (χ3n) is 5.83. The number of nitrogens with zero attached hydrogens (tertiary/aromatic N) is 2. The number of allylic oxidation sites excluding steroid dienone is 5. The fourth-order valence-corrected chi connectivity index (χ4v) is 4.99. The van der Waals surface area contributed by atoms with E-state index in [9.17, 15) is 0 Å². The molecule has 5 nitrogen and oxygen atoms in total. The highest BCUT2D eigenvalue weighted by Crippen LogP contribution is 2.37. The van der Waals surface area contributed by atoms with E-state index in [4.69, 9.17) is 5.73 Å². The van der Waals surface area contributed by atoms with Gasteiger partial charge in [-0.3, -0.25) is 10.1 Å². The number of H-pyrrole nitrogens is 2. The summed E-state index contributed by atoms with van der Waals surface area (Å²) in [4.78, 5) is 10.5. The first-order valence-corrected chi connectivity index (χ1v) is 11.8. The molecular weight excluding hydrogens is 438 g/mol. The van der Waals surface area contributed by atoms with Gasteiger partial charge in [0.25, 0.3) is 0 Å². The summed E-state index contributed by atoms with van der Waals surface area (Å²) in [5, 5.41) is 9.89. The van der Waals surface area contributed by atoms with Crippen molar-refractivity contribution in [2.24, 2.45) is 5.73 Å². The predicted octanol–water partition coefficient (Wildman–Crippen LogP) is 7.30. The fraction of sp³-hybridized carbons (Fsp3) is 0.0714. The molecule has 0 radical (unpaired) electrons. The smallest absolute Gasteiger partial charge is 0.116 e. The van der Waals surface area contributed by atoms with Crippen molar-refractivity contribution in [1.82, 2.24) is 20.2 Å². The van der Waals surface area contributed by atoms with Crippen LogP contribution in [0.1, 0.15) is 24.3 Å². The molecule has 34 heavy (non-hydrogen) atoms. The Bertz CT molecular complexity index is 1620. The van der Waals surface area contributed by atoms with E-state index in [0.29, 0.717) is 5.70 Å². The highest BCUT2D eigenvalue weighted by molar-refractivity contribution is 7.16. The van der Waals surface area contributed by atoms with Crippen LogP contribution in [0.2, 0.25) is 0 Å². The van der Waals surface area contributed by atoms with Crippen LogP contribution in [0.3, 0.4) is 0 Å². The first-order chi connectivity index (χ1) is 16.5. The molecule has 5 rings (SSSR count). The zero-order chi connectivity index (χ0) is 23.8. The fourth-order valence-electron chi connectivity index (χ4n) is 4.04. The molecule has 0 spiro atoms. The molecule has 0 bridgehead atoms. The second-order valence-corrected chi connectivity index (χ2v) is 9.26. The molecule has 0 fully saturated rings. The summed E-state index contributed by atoms with van der Waals surface area (Å²) in [6.07, 6.45) is 7.45. The van der Waals surface area contributed by atoms with Crippen LogP contribution in [-0.2, 0) is 0 Å². The van der Waals surface area contributed by atoms with Gasteiger partial charge >= 0.3 is 0 Å². The van der Waals surface area contributed by atoms with Crippen LogP contribution < -0.4 is 5.73 Å². The number of nitrogens with one attached hydrogen (secondary N) is 2. The molecule has 4 heterocycles. The monoisotopic (exact) mass is 463 g/mol. The van der Waals surface area contributed by atoms with Gasteiger partial charge in [0.05, 0.1) is 21.8 Å². The number of aromatic nitrogens is 4. The molecular formula is C28H25N5S. The van der Waals surface area contributed by atoms with Crippen LogP contribution in [0.25, 0.3) is 54.9 Å². The second-order valence-electron chi connectivity index (χ2n) is 8.17. The van der Waals surface area contributed by atoms with Crippen molar-refractivity contribution in [2.45, 2.75) is 13.8 Å². The summed E-state index contributed by atoms with van der Waals surface area (Å²) < 4.78 is 0. The highest BCUT2D eigenvalue weighted by atomic mass is 32.1. The van der Waals surface area contributed by atoms with E-state index in [1.165, 1.54) is 4.88 Å². The van der Waals surface area contributed by atoms with E-state index in [2.05, 4.69) is 63.7 Å². The third-order valence-corrected chi connectivity index (χ3v) is 7.08. The summed E-state index contributed by atoms with van der Waals surface area (Å²) in [7, 11) is 0. The molecule has 1 aromatic carbocycles. The minimum atomic E-state index is 0.625. The van der Waals surface area contributed by atoms with E-state index in [1.807, 2.05) is 44.3 Å². The zero-order valence-corrected chi connectivity index (χ0v) is 20.0. The number of aromatic amines is 2. The molecule has 0 saturated carbocycles. The summed E-state index contributed by atoms with van der Waals surface area (Å²) in [6.45, 7) is 11.8. The molecule has 0 aliphatic heterocycles. The number of hydrogen-bond acceptors (Lipinski definition) is 4. The van der Waals surface area contributed by atoms with Crippen molar-refractivity contribution in [3.63, 3.8) is 0 Å². The van der Waals surface area contributed by atoms with E-state index >= 15 is 0 Å². The SMILES string of the molecule is C=C/C(N)=C\C(=C/C)c1ccc2[nH]nc(-c3cc4c(-c5ccc(C(=C)C)s5)nccc4[nH]3)c2c1. The topological polar surface area (TPSA) is 83.4 Å². The van der Waals surface area contributed by atoms with Crippen molar-refractivity contribution >= 4 is 44.3 Å². The Morgan fingerprint density at radius 3 is 2.62 bits per heavy atom. The molecule has 0 atom stereocenters. The van der Waals surface area contributed by atoms with Crippen LogP contribution >= 0.6 is 11.3 Å². The maximum absolute atomic E-state index is 5.99. The number of thiophene rings is 1. The number of benzene rings is 1. The average Bonchev–Trinajstić information content (AvgIpc) is 3.59. The van der Waals surface area contributed by atoms with Gasteiger partial charge in [-0.05, 0) is 79.1 Å². The normalized spacial score (nSPS) is 12.5. The lowest BCUT2D eigenvalue weighted by Gasteiger charge is -2.04. The molecule has 6 heteroatoms. The minimum absolute atomic E-state index is 0.625. The first-order valence-electron chi connectivity index (χ1n) is 11.0. The standard InChI is InChI=1S/C28H25N5S/c1-5-17(13-19(29)6-2)18-7-8-23-20(14-18)27(33-32-23)24-15-21-22(31-24)11-12-30-28(21)26-10-9-25(34-26)16(3)4/h5-15,31H,2-3,29H2,1,4H3,(H,32,33)/b17-5+,19-13+. The first kappa shape index (κ1) is 21.7. The second kappa shape index (κ2) is 8.65. The number of pyridine rings is 1. The lowest BCUT2D eigenvalue weighted by Crippen LogP contribution is -1.93. The van der Waals surface area contributed by atoms with E-state index < -0.39 is 0 Å². The van der Waals surface area contributed by atoms with Crippen molar-refractivity contribution < 1.29 is 0 Å². The number of hydrogen-bond donors (Lipinski definition) is 3. The van der Waals surface area contributed by atoms with Gasteiger partial charge in [0.1, 0.15) is 5.69 Å². The third kappa shape index (κ3) is 3.78. The van der Waals surface area contributed by atoms with Crippen LogP contribution in [-0.4, -0.2) is 20.2 Å². The quantitative estimate of drug-likeness (QED) is 0.231. The average molecular weight is 464 g/mol. The number of fused-ring (bicyclic) bond motifs is 2. The van der Waals surface area contributed by atoms with Crippen LogP contribution in [0, 0.1) is 0 Å². The van der Waals surface area contributed by atoms with Gasteiger partial charge in [-0.25, -0.2) is 0 Å². The summed E-state index contributed by atoms with van der Waals surface area (Å²) in [5.41, 5.74) is 14.5.